The molecule has 2 nitrogen and oxygen atoms in total. The third-order valence-corrected chi connectivity index (χ3v) is 6.93. The molecule has 0 aliphatic heterocycles. The molecule has 0 spiro atoms. The molecule has 2 atom stereocenters. The third-order valence-electron chi connectivity index (χ3n) is 6.93. The van der Waals surface area contributed by atoms with Crippen LogP contribution in [0.15, 0.2) is 103 Å². The van der Waals surface area contributed by atoms with Crippen LogP contribution in [-0.2, 0) is 6.42 Å². The van der Waals surface area contributed by atoms with Gasteiger partial charge in [0.05, 0.1) is 6.61 Å². The molecule has 2 heteroatoms. The average Bonchev–Trinajstić information content (AvgIpc) is 2.91. The van der Waals surface area contributed by atoms with Crippen LogP contribution in [0.2, 0.25) is 0 Å². The fourth-order valence-electron chi connectivity index (χ4n) is 4.97. The highest BCUT2D eigenvalue weighted by atomic mass is 16.5. The number of hydrogen-bond acceptors (Lipinski definition) is 2. The van der Waals surface area contributed by atoms with Gasteiger partial charge in [-0.3, -0.25) is 4.79 Å². The molecule has 2 unspecified atom stereocenters. The van der Waals surface area contributed by atoms with Crippen LogP contribution in [0.4, 0.5) is 0 Å². The largest absolute Gasteiger partial charge is 0.494 e. The molecule has 0 N–H and O–H groups in total. The highest BCUT2D eigenvalue weighted by Crippen LogP contribution is 2.39. The number of allylic oxidation sites excluding steroid dienone is 9. The summed E-state index contributed by atoms with van der Waals surface area (Å²) >= 11 is 0. The van der Waals surface area contributed by atoms with Crippen molar-refractivity contribution in [1.29, 1.82) is 0 Å². The Morgan fingerprint density at radius 1 is 1.11 bits per heavy atom. The number of fused-ring (bicyclic) bond motifs is 1. The Balaban J connectivity index is 1.58. The maximum atomic E-state index is 11.7. The van der Waals surface area contributed by atoms with Crippen molar-refractivity contribution >= 4 is 6.29 Å². The van der Waals surface area contributed by atoms with E-state index < -0.39 is 0 Å². The van der Waals surface area contributed by atoms with Crippen molar-refractivity contribution in [1.82, 2.24) is 0 Å². The smallest absolute Gasteiger partial charge is 0.150 e. The predicted molar refractivity (Wildman–Crippen MR) is 146 cm³/mol. The third kappa shape index (κ3) is 6.39. The molecule has 35 heavy (non-hydrogen) atoms. The molecule has 2 aromatic carbocycles. The van der Waals surface area contributed by atoms with Gasteiger partial charge in [0.25, 0.3) is 0 Å². The highest BCUT2D eigenvalue weighted by Gasteiger charge is 2.23. The number of hydrogen-bond donors (Lipinski definition) is 0. The molecular formula is C33H36O2. The second-order valence-electron chi connectivity index (χ2n) is 9.46. The number of benzene rings is 2. The first kappa shape index (κ1) is 24.7. The van der Waals surface area contributed by atoms with E-state index in [1.165, 1.54) is 40.7 Å². The van der Waals surface area contributed by atoms with Crippen LogP contribution in [0.1, 0.15) is 72.0 Å². The lowest BCUT2D eigenvalue weighted by molar-refractivity contribution is 0.112. The monoisotopic (exact) mass is 464 g/mol. The molecule has 0 saturated heterocycles. The fourth-order valence-corrected chi connectivity index (χ4v) is 4.97. The van der Waals surface area contributed by atoms with E-state index in [4.69, 9.17) is 4.74 Å². The van der Waals surface area contributed by atoms with Gasteiger partial charge >= 0.3 is 0 Å². The van der Waals surface area contributed by atoms with Gasteiger partial charge in [-0.15, -0.1) is 6.58 Å². The number of aldehydes is 1. The Bertz CT molecular complexity index is 1140. The number of carbonyl (C=O) groups excluding carboxylic acids is 1. The zero-order valence-electron chi connectivity index (χ0n) is 20.8. The zero-order chi connectivity index (χ0) is 24.5. The highest BCUT2D eigenvalue weighted by molar-refractivity contribution is 5.75. The summed E-state index contributed by atoms with van der Waals surface area (Å²) in [5.41, 5.74) is 7.10. The van der Waals surface area contributed by atoms with Crippen molar-refractivity contribution in [3.8, 4) is 5.75 Å². The summed E-state index contributed by atoms with van der Waals surface area (Å²) in [6.45, 7) is 7.02. The lowest BCUT2D eigenvalue weighted by Crippen LogP contribution is -2.12. The standard InChI is InChI=1S/C33H36O2/c1-3-5-8-20-35-31-18-13-25(14-19-31)21-29-15-12-26(24-34)22-33(29)32(9-4-2)30-17-16-27-10-6-7-11-28(27)23-30/h4,6-7,10-15,17-19,22-24,27,32H,2-3,5,8-9,16,20-21H2,1H3. The minimum Gasteiger partial charge on any atom is -0.494 e. The van der Waals surface area contributed by atoms with E-state index in [1.807, 2.05) is 12.1 Å². The first-order valence-electron chi connectivity index (χ1n) is 12.9. The van der Waals surface area contributed by atoms with E-state index in [1.54, 1.807) is 0 Å². The Hall–Kier alpha value is -3.39. The van der Waals surface area contributed by atoms with Gasteiger partial charge in [0.2, 0.25) is 0 Å². The maximum Gasteiger partial charge on any atom is 0.150 e. The van der Waals surface area contributed by atoms with Crippen LogP contribution in [0, 0.1) is 5.92 Å². The van der Waals surface area contributed by atoms with Gasteiger partial charge in [0.15, 0.2) is 0 Å². The van der Waals surface area contributed by atoms with E-state index in [0.717, 1.165) is 49.9 Å². The lowest BCUT2D eigenvalue weighted by Gasteiger charge is -2.27. The Kier molecular flexibility index (Phi) is 8.73. The fraction of sp³-hybridized carbons (Fsp3) is 0.303. The Labute approximate surface area is 210 Å². The molecule has 2 aliphatic carbocycles. The van der Waals surface area contributed by atoms with Crippen molar-refractivity contribution in [3.05, 3.63) is 125 Å². The molecule has 180 valence electrons. The Morgan fingerprint density at radius 2 is 1.97 bits per heavy atom. The van der Waals surface area contributed by atoms with Gasteiger partial charge in [0.1, 0.15) is 12.0 Å². The maximum absolute atomic E-state index is 11.7. The van der Waals surface area contributed by atoms with Gasteiger partial charge < -0.3 is 4.74 Å². The van der Waals surface area contributed by atoms with Crippen LogP contribution in [0.3, 0.4) is 0 Å². The van der Waals surface area contributed by atoms with Gasteiger partial charge in [-0.1, -0.05) is 86.6 Å². The second-order valence-corrected chi connectivity index (χ2v) is 9.46. The minimum atomic E-state index is 0.177. The van der Waals surface area contributed by atoms with Crippen molar-refractivity contribution < 1.29 is 9.53 Å². The number of rotatable bonds is 12. The number of unbranched alkanes of at least 4 members (excludes halogenated alkanes) is 2. The van der Waals surface area contributed by atoms with Gasteiger partial charge in [0, 0.05) is 17.4 Å². The van der Waals surface area contributed by atoms with E-state index in [-0.39, 0.29) is 5.92 Å². The molecule has 0 heterocycles. The van der Waals surface area contributed by atoms with Crippen molar-refractivity contribution in [2.45, 2.75) is 51.4 Å². The lowest BCUT2D eigenvalue weighted by atomic mass is 9.77. The summed E-state index contributed by atoms with van der Waals surface area (Å²) in [7, 11) is 0. The first-order chi connectivity index (χ1) is 17.2. The summed E-state index contributed by atoms with van der Waals surface area (Å²) in [5, 5.41) is 0. The molecule has 2 aromatic rings. The van der Waals surface area contributed by atoms with E-state index >= 15 is 0 Å². The summed E-state index contributed by atoms with van der Waals surface area (Å²) in [4.78, 5) is 11.7. The van der Waals surface area contributed by atoms with Crippen LogP contribution in [-0.4, -0.2) is 12.9 Å². The summed E-state index contributed by atoms with van der Waals surface area (Å²) in [6, 6.07) is 14.6. The normalized spacial score (nSPS) is 17.2. The molecule has 0 aromatic heterocycles. The number of ether oxygens (including phenoxy) is 1. The molecule has 0 saturated carbocycles. The summed E-state index contributed by atoms with van der Waals surface area (Å²) in [6.07, 6.45) is 22.5. The molecule has 2 aliphatic rings. The summed E-state index contributed by atoms with van der Waals surface area (Å²) in [5.74, 6) is 1.57. The van der Waals surface area contributed by atoms with Crippen molar-refractivity contribution in [3.63, 3.8) is 0 Å². The molecular weight excluding hydrogens is 428 g/mol. The van der Waals surface area contributed by atoms with Gasteiger partial charge in [-0.05, 0) is 71.7 Å². The van der Waals surface area contributed by atoms with Crippen molar-refractivity contribution in [2.24, 2.45) is 5.92 Å². The molecule has 0 fully saturated rings. The van der Waals surface area contributed by atoms with Crippen LogP contribution >= 0.6 is 0 Å². The van der Waals surface area contributed by atoms with E-state index in [2.05, 4.69) is 86.4 Å². The Morgan fingerprint density at radius 3 is 2.74 bits per heavy atom. The first-order valence-corrected chi connectivity index (χ1v) is 12.9. The SMILES string of the molecule is C=CCC(C1=CCC2C=CC=CC2=C1)c1cc(C=O)ccc1Cc1ccc(OCCCCC)cc1. The zero-order valence-corrected chi connectivity index (χ0v) is 20.8. The molecule has 4 rings (SSSR count). The van der Waals surface area contributed by atoms with Crippen molar-refractivity contribution in [2.75, 3.05) is 6.61 Å². The molecule has 0 amide bonds. The molecule has 0 bridgehead atoms. The quantitative estimate of drug-likeness (QED) is 0.179. The van der Waals surface area contributed by atoms with Gasteiger partial charge in [-0.25, -0.2) is 0 Å². The average molecular weight is 465 g/mol. The van der Waals surface area contributed by atoms with E-state index in [0.29, 0.717) is 5.92 Å². The second kappa shape index (κ2) is 12.4. The number of carbonyl (C=O) groups is 1. The molecule has 0 radical (unpaired) electrons. The van der Waals surface area contributed by atoms with Crippen LogP contribution in [0.5, 0.6) is 5.75 Å². The predicted octanol–water partition coefficient (Wildman–Crippen LogP) is 8.32. The van der Waals surface area contributed by atoms with Crippen LogP contribution < -0.4 is 4.74 Å². The van der Waals surface area contributed by atoms with Gasteiger partial charge in [-0.2, -0.15) is 0 Å². The summed E-state index contributed by atoms with van der Waals surface area (Å²) < 4.78 is 5.89. The topological polar surface area (TPSA) is 26.3 Å². The van der Waals surface area contributed by atoms with E-state index in [9.17, 15) is 4.79 Å². The minimum absolute atomic E-state index is 0.177. The van der Waals surface area contributed by atoms with Crippen LogP contribution in [0.25, 0.3) is 0 Å².